The molecular formula is C17H29NO. The molecule has 0 spiro atoms. The lowest BCUT2D eigenvalue weighted by molar-refractivity contribution is 0.237. The van der Waals surface area contributed by atoms with Crippen molar-refractivity contribution in [3.05, 3.63) is 29.8 Å². The summed E-state index contributed by atoms with van der Waals surface area (Å²) in [5, 5.41) is 3.72. The van der Waals surface area contributed by atoms with E-state index in [-0.39, 0.29) is 6.10 Å². The standard InChI is InChI=1S/C17H29NO/c1-6-10-15(7-2)18-14(5)16-11-8-9-12-17(16)19-13(3)4/h8-9,11-15,18H,6-7,10H2,1-5H3. The number of para-hydroxylation sites is 1. The first-order valence-electron chi connectivity index (χ1n) is 7.60. The Bertz CT molecular complexity index is 362. The number of ether oxygens (including phenoxy) is 1. The zero-order chi connectivity index (χ0) is 14.3. The average Bonchev–Trinajstić information content (AvgIpc) is 2.38. The van der Waals surface area contributed by atoms with Crippen LogP contribution in [0.5, 0.6) is 5.75 Å². The summed E-state index contributed by atoms with van der Waals surface area (Å²) in [7, 11) is 0. The van der Waals surface area contributed by atoms with Crippen LogP contribution in [-0.4, -0.2) is 12.1 Å². The fourth-order valence-electron chi connectivity index (χ4n) is 2.40. The maximum atomic E-state index is 5.90. The lowest BCUT2D eigenvalue weighted by Crippen LogP contribution is -2.31. The average molecular weight is 263 g/mol. The van der Waals surface area contributed by atoms with E-state index in [2.05, 4.69) is 58.1 Å². The van der Waals surface area contributed by atoms with Crippen molar-refractivity contribution in [2.24, 2.45) is 0 Å². The van der Waals surface area contributed by atoms with Gasteiger partial charge >= 0.3 is 0 Å². The minimum Gasteiger partial charge on any atom is -0.491 e. The van der Waals surface area contributed by atoms with Crippen molar-refractivity contribution in [3.8, 4) is 5.75 Å². The van der Waals surface area contributed by atoms with Crippen LogP contribution in [0.4, 0.5) is 0 Å². The summed E-state index contributed by atoms with van der Waals surface area (Å²) in [4.78, 5) is 0. The van der Waals surface area contributed by atoms with Gasteiger partial charge in [-0.3, -0.25) is 0 Å². The Kier molecular flexibility index (Phi) is 6.93. The Labute approximate surface area is 118 Å². The molecule has 2 atom stereocenters. The van der Waals surface area contributed by atoms with Crippen molar-refractivity contribution in [3.63, 3.8) is 0 Å². The predicted molar refractivity (Wildman–Crippen MR) is 82.7 cm³/mol. The van der Waals surface area contributed by atoms with E-state index in [1.165, 1.54) is 24.8 Å². The molecule has 2 heteroatoms. The molecular weight excluding hydrogens is 234 g/mol. The van der Waals surface area contributed by atoms with Crippen LogP contribution in [0.15, 0.2) is 24.3 Å². The number of nitrogens with one attached hydrogen (secondary N) is 1. The van der Waals surface area contributed by atoms with E-state index in [1.54, 1.807) is 0 Å². The number of rotatable bonds is 8. The zero-order valence-corrected chi connectivity index (χ0v) is 13.1. The second-order valence-corrected chi connectivity index (χ2v) is 5.49. The maximum absolute atomic E-state index is 5.90. The van der Waals surface area contributed by atoms with Crippen LogP contribution in [0.3, 0.4) is 0 Å². The van der Waals surface area contributed by atoms with E-state index < -0.39 is 0 Å². The second kappa shape index (κ2) is 8.21. The lowest BCUT2D eigenvalue weighted by Gasteiger charge is -2.24. The summed E-state index contributed by atoms with van der Waals surface area (Å²) in [5.41, 5.74) is 1.26. The monoisotopic (exact) mass is 263 g/mol. The SMILES string of the molecule is CCCC(CC)NC(C)c1ccccc1OC(C)C. The highest BCUT2D eigenvalue weighted by molar-refractivity contribution is 5.35. The molecule has 0 heterocycles. The first kappa shape index (κ1) is 16.0. The zero-order valence-electron chi connectivity index (χ0n) is 13.1. The Hall–Kier alpha value is -1.02. The normalized spacial score (nSPS) is 14.4. The van der Waals surface area contributed by atoms with Gasteiger partial charge in [0.05, 0.1) is 6.10 Å². The van der Waals surface area contributed by atoms with Crippen LogP contribution in [0.25, 0.3) is 0 Å². The molecule has 0 aliphatic rings. The van der Waals surface area contributed by atoms with Crippen molar-refractivity contribution in [1.29, 1.82) is 0 Å². The van der Waals surface area contributed by atoms with Crippen LogP contribution in [0, 0.1) is 0 Å². The summed E-state index contributed by atoms with van der Waals surface area (Å²) in [5.74, 6) is 1.00. The lowest BCUT2D eigenvalue weighted by atomic mass is 10.0. The molecule has 108 valence electrons. The molecule has 0 bridgehead atoms. The van der Waals surface area contributed by atoms with Crippen LogP contribution in [-0.2, 0) is 0 Å². The summed E-state index contributed by atoms with van der Waals surface area (Å²) >= 11 is 0. The van der Waals surface area contributed by atoms with Crippen LogP contribution in [0.1, 0.15) is 65.5 Å². The molecule has 0 saturated carbocycles. The molecule has 0 radical (unpaired) electrons. The molecule has 0 aliphatic carbocycles. The molecule has 1 N–H and O–H groups in total. The maximum Gasteiger partial charge on any atom is 0.124 e. The third-order valence-corrected chi connectivity index (χ3v) is 3.36. The molecule has 0 saturated heterocycles. The van der Waals surface area contributed by atoms with Gasteiger partial charge in [-0.1, -0.05) is 38.5 Å². The van der Waals surface area contributed by atoms with Gasteiger partial charge in [0.2, 0.25) is 0 Å². The third kappa shape index (κ3) is 5.23. The van der Waals surface area contributed by atoms with Gasteiger partial charge < -0.3 is 10.1 Å². The van der Waals surface area contributed by atoms with Crippen molar-refractivity contribution in [2.45, 2.75) is 72.1 Å². The fraction of sp³-hybridized carbons (Fsp3) is 0.647. The van der Waals surface area contributed by atoms with Crippen LogP contribution >= 0.6 is 0 Å². The Morgan fingerprint density at radius 3 is 2.37 bits per heavy atom. The summed E-state index contributed by atoms with van der Waals surface area (Å²) in [6, 6.07) is 9.26. The van der Waals surface area contributed by atoms with Crippen molar-refractivity contribution >= 4 is 0 Å². The molecule has 1 aromatic carbocycles. The molecule has 0 aromatic heterocycles. The molecule has 0 aliphatic heterocycles. The molecule has 19 heavy (non-hydrogen) atoms. The quantitative estimate of drug-likeness (QED) is 0.734. The number of hydrogen-bond acceptors (Lipinski definition) is 2. The smallest absolute Gasteiger partial charge is 0.124 e. The second-order valence-electron chi connectivity index (χ2n) is 5.49. The topological polar surface area (TPSA) is 21.3 Å². The van der Waals surface area contributed by atoms with Crippen LogP contribution in [0.2, 0.25) is 0 Å². The van der Waals surface area contributed by atoms with Gasteiger partial charge in [-0.25, -0.2) is 0 Å². The molecule has 2 unspecified atom stereocenters. The number of benzene rings is 1. The summed E-state index contributed by atoms with van der Waals surface area (Å²) in [6.45, 7) is 10.9. The number of hydrogen-bond donors (Lipinski definition) is 1. The van der Waals surface area contributed by atoms with Crippen molar-refractivity contribution in [1.82, 2.24) is 5.32 Å². The van der Waals surface area contributed by atoms with Gasteiger partial charge in [0, 0.05) is 17.6 Å². The van der Waals surface area contributed by atoms with Gasteiger partial charge in [-0.15, -0.1) is 0 Å². The largest absolute Gasteiger partial charge is 0.491 e. The Morgan fingerprint density at radius 1 is 1.11 bits per heavy atom. The van der Waals surface area contributed by atoms with Gasteiger partial charge in [-0.2, -0.15) is 0 Å². The Balaban J connectivity index is 2.77. The van der Waals surface area contributed by atoms with Gasteiger partial charge in [0.25, 0.3) is 0 Å². The van der Waals surface area contributed by atoms with E-state index in [4.69, 9.17) is 4.74 Å². The minimum atomic E-state index is 0.214. The van der Waals surface area contributed by atoms with E-state index in [0.717, 1.165) is 5.75 Å². The van der Waals surface area contributed by atoms with Gasteiger partial charge in [0.15, 0.2) is 0 Å². The molecule has 0 amide bonds. The molecule has 0 fully saturated rings. The van der Waals surface area contributed by atoms with E-state index in [0.29, 0.717) is 12.1 Å². The van der Waals surface area contributed by atoms with E-state index >= 15 is 0 Å². The fourth-order valence-corrected chi connectivity index (χ4v) is 2.40. The molecule has 1 rings (SSSR count). The third-order valence-electron chi connectivity index (χ3n) is 3.36. The van der Waals surface area contributed by atoms with Crippen LogP contribution < -0.4 is 10.1 Å². The van der Waals surface area contributed by atoms with Crippen molar-refractivity contribution in [2.75, 3.05) is 0 Å². The first-order valence-corrected chi connectivity index (χ1v) is 7.60. The highest BCUT2D eigenvalue weighted by atomic mass is 16.5. The molecule has 2 nitrogen and oxygen atoms in total. The Morgan fingerprint density at radius 2 is 1.79 bits per heavy atom. The first-order chi connectivity index (χ1) is 9.08. The van der Waals surface area contributed by atoms with Crippen molar-refractivity contribution < 1.29 is 4.74 Å². The minimum absolute atomic E-state index is 0.214. The van der Waals surface area contributed by atoms with Gasteiger partial charge in [0.1, 0.15) is 5.75 Å². The van der Waals surface area contributed by atoms with Gasteiger partial charge in [-0.05, 0) is 39.7 Å². The highest BCUT2D eigenvalue weighted by Crippen LogP contribution is 2.26. The highest BCUT2D eigenvalue weighted by Gasteiger charge is 2.15. The summed E-state index contributed by atoms with van der Waals surface area (Å²) < 4.78 is 5.90. The predicted octanol–water partition coefficient (Wildman–Crippen LogP) is 4.70. The molecule has 1 aromatic rings. The summed E-state index contributed by atoms with van der Waals surface area (Å²) in [6.07, 6.45) is 3.84. The van der Waals surface area contributed by atoms with E-state index in [1.807, 2.05) is 6.07 Å². The van der Waals surface area contributed by atoms with E-state index in [9.17, 15) is 0 Å².